The highest BCUT2D eigenvalue weighted by Gasteiger charge is 2.12. The van der Waals surface area contributed by atoms with Gasteiger partial charge in [-0.1, -0.05) is 30.3 Å². The number of carboxylic acid groups (broad SMARTS) is 1. The summed E-state index contributed by atoms with van der Waals surface area (Å²) in [5, 5.41) is 10.7. The topological polar surface area (TPSA) is 59.4 Å². The fourth-order valence-electron chi connectivity index (χ4n) is 2.14. The van der Waals surface area contributed by atoms with Gasteiger partial charge in [-0.2, -0.15) is 0 Å². The van der Waals surface area contributed by atoms with E-state index >= 15 is 0 Å². The van der Waals surface area contributed by atoms with Crippen LogP contribution in [0.4, 0.5) is 0 Å². The molecule has 3 rings (SSSR count). The number of carboxylic acids is 1. The number of hydrogen-bond donors (Lipinski definition) is 1. The fraction of sp³-hybridized carbons (Fsp3) is 0.0588. The van der Waals surface area contributed by atoms with Gasteiger partial charge in [-0.25, -0.2) is 9.78 Å². The molecular weight excluding hydrogens is 266 g/mol. The molecule has 1 heterocycles. The highest BCUT2D eigenvalue weighted by molar-refractivity contribution is 5.94. The Balaban J connectivity index is 2.13. The van der Waals surface area contributed by atoms with Crippen LogP contribution in [-0.2, 0) is 0 Å². The second kappa shape index (κ2) is 5.25. The van der Waals surface area contributed by atoms with Gasteiger partial charge in [-0.05, 0) is 42.1 Å². The van der Waals surface area contributed by atoms with Gasteiger partial charge in [-0.3, -0.25) is 0 Å². The zero-order valence-electron chi connectivity index (χ0n) is 11.4. The molecule has 0 bridgehead atoms. The minimum Gasteiger partial charge on any atom is -0.477 e. The van der Waals surface area contributed by atoms with Crippen LogP contribution in [0.1, 0.15) is 16.1 Å². The predicted octanol–water partition coefficient (Wildman–Crippen LogP) is 4.03. The Hall–Kier alpha value is -2.88. The first-order valence-corrected chi connectivity index (χ1v) is 6.51. The molecule has 0 spiro atoms. The van der Waals surface area contributed by atoms with Crippen LogP contribution in [0.25, 0.3) is 10.8 Å². The molecular formula is C17H13NO3. The SMILES string of the molecule is Cc1cccc(Oc2nc(C(=O)O)cc3ccccc23)c1. The van der Waals surface area contributed by atoms with Gasteiger partial charge in [0.25, 0.3) is 0 Å². The van der Waals surface area contributed by atoms with Crippen molar-refractivity contribution in [2.45, 2.75) is 6.92 Å². The highest BCUT2D eigenvalue weighted by atomic mass is 16.5. The quantitative estimate of drug-likeness (QED) is 0.786. The molecule has 21 heavy (non-hydrogen) atoms. The summed E-state index contributed by atoms with van der Waals surface area (Å²) in [5.41, 5.74) is 1.03. The molecule has 0 fully saturated rings. The maximum absolute atomic E-state index is 11.2. The zero-order chi connectivity index (χ0) is 14.8. The van der Waals surface area contributed by atoms with Gasteiger partial charge in [-0.15, -0.1) is 0 Å². The van der Waals surface area contributed by atoms with E-state index in [-0.39, 0.29) is 5.69 Å². The van der Waals surface area contributed by atoms with Crippen molar-refractivity contribution in [2.75, 3.05) is 0 Å². The Morgan fingerprint density at radius 1 is 1.10 bits per heavy atom. The molecule has 0 saturated carbocycles. The number of fused-ring (bicyclic) bond motifs is 1. The minimum absolute atomic E-state index is 0.0312. The second-order valence-corrected chi connectivity index (χ2v) is 4.76. The number of nitrogens with zero attached hydrogens (tertiary/aromatic N) is 1. The predicted molar refractivity (Wildman–Crippen MR) is 80.0 cm³/mol. The van der Waals surface area contributed by atoms with Crippen molar-refractivity contribution in [3.63, 3.8) is 0 Å². The van der Waals surface area contributed by atoms with Crippen LogP contribution in [-0.4, -0.2) is 16.1 Å². The highest BCUT2D eigenvalue weighted by Crippen LogP contribution is 2.29. The van der Waals surface area contributed by atoms with Gasteiger partial charge < -0.3 is 9.84 Å². The lowest BCUT2D eigenvalue weighted by atomic mass is 10.1. The van der Waals surface area contributed by atoms with E-state index < -0.39 is 5.97 Å². The van der Waals surface area contributed by atoms with E-state index in [1.807, 2.05) is 55.5 Å². The van der Waals surface area contributed by atoms with E-state index in [4.69, 9.17) is 9.84 Å². The van der Waals surface area contributed by atoms with E-state index in [2.05, 4.69) is 4.98 Å². The Bertz CT molecular complexity index is 827. The van der Waals surface area contributed by atoms with Crippen molar-refractivity contribution in [3.8, 4) is 11.6 Å². The Morgan fingerprint density at radius 3 is 2.67 bits per heavy atom. The summed E-state index contributed by atoms with van der Waals surface area (Å²) in [4.78, 5) is 15.3. The molecule has 0 radical (unpaired) electrons. The number of hydrogen-bond acceptors (Lipinski definition) is 3. The summed E-state index contributed by atoms with van der Waals surface area (Å²) in [5.74, 6) is -0.138. The summed E-state index contributed by atoms with van der Waals surface area (Å²) in [6.45, 7) is 1.96. The van der Waals surface area contributed by atoms with Gasteiger partial charge in [0.05, 0.1) is 0 Å². The maximum Gasteiger partial charge on any atom is 0.354 e. The fourth-order valence-corrected chi connectivity index (χ4v) is 2.14. The van der Waals surface area contributed by atoms with Gasteiger partial charge in [0.1, 0.15) is 5.75 Å². The van der Waals surface area contributed by atoms with Crippen LogP contribution in [0.2, 0.25) is 0 Å². The van der Waals surface area contributed by atoms with Crippen LogP contribution in [0, 0.1) is 6.92 Å². The van der Waals surface area contributed by atoms with Crippen LogP contribution < -0.4 is 4.74 Å². The summed E-state index contributed by atoms with van der Waals surface area (Å²) in [7, 11) is 0. The lowest BCUT2D eigenvalue weighted by molar-refractivity contribution is 0.0690. The van der Waals surface area contributed by atoms with Crippen molar-refractivity contribution >= 4 is 16.7 Å². The number of pyridine rings is 1. The van der Waals surface area contributed by atoms with Gasteiger partial charge >= 0.3 is 5.97 Å². The van der Waals surface area contributed by atoms with Gasteiger partial charge in [0.15, 0.2) is 5.69 Å². The summed E-state index contributed by atoms with van der Waals surface area (Å²) >= 11 is 0. The number of ether oxygens (including phenoxy) is 1. The third-order valence-electron chi connectivity index (χ3n) is 3.13. The van der Waals surface area contributed by atoms with Crippen molar-refractivity contribution < 1.29 is 14.6 Å². The van der Waals surface area contributed by atoms with Crippen LogP contribution in [0.3, 0.4) is 0 Å². The molecule has 4 heteroatoms. The molecule has 0 unspecified atom stereocenters. The Kier molecular flexibility index (Phi) is 3.28. The average molecular weight is 279 g/mol. The number of rotatable bonds is 3. The second-order valence-electron chi connectivity index (χ2n) is 4.76. The van der Waals surface area contributed by atoms with Gasteiger partial charge in [0, 0.05) is 5.39 Å². The van der Waals surface area contributed by atoms with Gasteiger partial charge in [0.2, 0.25) is 5.88 Å². The zero-order valence-corrected chi connectivity index (χ0v) is 11.4. The minimum atomic E-state index is -1.07. The molecule has 0 aliphatic carbocycles. The van der Waals surface area contributed by atoms with Crippen molar-refractivity contribution in [2.24, 2.45) is 0 Å². The average Bonchev–Trinajstić information content (AvgIpc) is 2.47. The van der Waals surface area contributed by atoms with E-state index in [0.717, 1.165) is 16.3 Å². The molecule has 0 aliphatic rings. The van der Waals surface area contributed by atoms with E-state index in [1.165, 1.54) is 0 Å². The van der Waals surface area contributed by atoms with E-state index in [1.54, 1.807) is 6.07 Å². The van der Waals surface area contributed by atoms with E-state index in [0.29, 0.717) is 11.6 Å². The number of aromatic nitrogens is 1. The summed E-state index contributed by atoms with van der Waals surface area (Å²) in [6, 6.07) is 16.5. The molecule has 104 valence electrons. The molecule has 2 aromatic carbocycles. The third-order valence-corrected chi connectivity index (χ3v) is 3.13. The smallest absolute Gasteiger partial charge is 0.354 e. The first-order valence-electron chi connectivity index (χ1n) is 6.51. The van der Waals surface area contributed by atoms with Crippen LogP contribution in [0.5, 0.6) is 11.6 Å². The van der Waals surface area contributed by atoms with Crippen molar-refractivity contribution in [1.82, 2.24) is 4.98 Å². The Morgan fingerprint density at radius 2 is 1.90 bits per heavy atom. The molecule has 0 aliphatic heterocycles. The summed E-state index contributed by atoms with van der Waals surface area (Å²) < 4.78 is 5.79. The van der Waals surface area contributed by atoms with Crippen LogP contribution >= 0.6 is 0 Å². The molecule has 0 atom stereocenters. The standard InChI is InChI=1S/C17H13NO3/c1-11-5-4-7-13(9-11)21-16-14-8-3-2-6-12(14)10-15(18-16)17(19)20/h2-10H,1H3,(H,19,20). The first-order chi connectivity index (χ1) is 10.1. The molecule has 1 N–H and O–H groups in total. The monoisotopic (exact) mass is 279 g/mol. The largest absolute Gasteiger partial charge is 0.477 e. The van der Waals surface area contributed by atoms with E-state index in [9.17, 15) is 4.79 Å². The molecule has 3 aromatic rings. The Labute approximate surface area is 121 Å². The number of carbonyl (C=O) groups is 1. The lowest BCUT2D eigenvalue weighted by Gasteiger charge is -2.09. The molecule has 4 nitrogen and oxygen atoms in total. The van der Waals surface area contributed by atoms with Crippen molar-refractivity contribution in [1.29, 1.82) is 0 Å². The van der Waals surface area contributed by atoms with Crippen LogP contribution in [0.15, 0.2) is 54.6 Å². The first kappa shape index (κ1) is 13.1. The maximum atomic E-state index is 11.2. The number of benzene rings is 2. The lowest BCUT2D eigenvalue weighted by Crippen LogP contribution is -2.02. The third kappa shape index (κ3) is 2.69. The molecule has 1 aromatic heterocycles. The summed E-state index contributed by atoms with van der Waals surface area (Å²) in [6.07, 6.45) is 0. The normalized spacial score (nSPS) is 10.5. The molecule has 0 saturated heterocycles. The molecule has 0 amide bonds. The van der Waals surface area contributed by atoms with Crippen molar-refractivity contribution in [3.05, 3.63) is 65.9 Å². The number of aromatic carboxylic acids is 1. The number of aryl methyl sites for hydroxylation is 1.